The molecule has 2 N–H and O–H groups in total. The zero-order chi connectivity index (χ0) is 18.1. The van der Waals surface area contributed by atoms with Crippen LogP contribution in [0.1, 0.15) is 18.1 Å². The third kappa shape index (κ3) is 7.33. The fraction of sp³-hybridized carbons (Fsp3) is 0.812. The standard InChI is InChI=1S/C16H31N7O2.HI/c1-17-16(18-7-8-22(2)9-10-24-3)19-13-5-6-15-20-14(12-25-4)21-23(15)11-13;/h13H,5-12H2,1-4H3,(H2,17,18,19);1H. The lowest BCUT2D eigenvalue weighted by Gasteiger charge is -2.25. The lowest BCUT2D eigenvalue weighted by molar-refractivity contribution is 0.162. The number of aliphatic imine (C=N–C) groups is 1. The summed E-state index contributed by atoms with van der Waals surface area (Å²) in [5.41, 5.74) is 0. The molecular weight excluding hydrogens is 449 g/mol. The number of nitrogens with one attached hydrogen (secondary N) is 2. The van der Waals surface area contributed by atoms with E-state index in [1.807, 2.05) is 4.68 Å². The predicted molar refractivity (Wildman–Crippen MR) is 112 cm³/mol. The van der Waals surface area contributed by atoms with E-state index in [0.29, 0.717) is 12.6 Å². The van der Waals surface area contributed by atoms with Gasteiger partial charge in [0.15, 0.2) is 11.8 Å². The number of rotatable bonds is 9. The van der Waals surface area contributed by atoms with E-state index >= 15 is 0 Å². The van der Waals surface area contributed by atoms with Gasteiger partial charge in [-0.3, -0.25) is 4.99 Å². The van der Waals surface area contributed by atoms with Gasteiger partial charge in [0.05, 0.1) is 13.2 Å². The highest BCUT2D eigenvalue weighted by molar-refractivity contribution is 14.0. The molecule has 0 aliphatic carbocycles. The van der Waals surface area contributed by atoms with Gasteiger partial charge in [0, 0.05) is 53.4 Å². The summed E-state index contributed by atoms with van der Waals surface area (Å²) >= 11 is 0. The molecule has 0 amide bonds. The van der Waals surface area contributed by atoms with Crippen LogP contribution in [-0.2, 0) is 29.0 Å². The van der Waals surface area contributed by atoms with Gasteiger partial charge in [-0.1, -0.05) is 0 Å². The first-order valence-corrected chi connectivity index (χ1v) is 8.72. The number of ether oxygens (including phenoxy) is 2. The van der Waals surface area contributed by atoms with Crippen LogP contribution in [0.15, 0.2) is 4.99 Å². The number of hydrogen-bond donors (Lipinski definition) is 2. The Morgan fingerprint density at radius 2 is 2.15 bits per heavy atom. The summed E-state index contributed by atoms with van der Waals surface area (Å²) in [5, 5.41) is 11.3. The van der Waals surface area contributed by atoms with Gasteiger partial charge < -0.3 is 25.0 Å². The van der Waals surface area contributed by atoms with Crippen molar-refractivity contribution in [3.63, 3.8) is 0 Å². The quantitative estimate of drug-likeness (QED) is 0.294. The third-order valence-electron chi connectivity index (χ3n) is 4.20. The maximum absolute atomic E-state index is 5.11. The van der Waals surface area contributed by atoms with Gasteiger partial charge in [-0.25, -0.2) is 9.67 Å². The second-order valence-corrected chi connectivity index (χ2v) is 6.23. The largest absolute Gasteiger partial charge is 0.383 e. The molecule has 26 heavy (non-hydrogen) atoms. The molecule has 0 aromatic carbocycles. The number of nitrogens with zero attached hydrogens (tertiary/aromatic N) is 5. The molecule has 1 aromatic rings. The van der Waals surface area contributed by atoms with Gasteiger partial charge >= 0.3 is 0 Å². The fourth-order valence-electron chi connectivity index (χ4n) is 2.78. The van der Waals surface area contributed by atoms with Crippen LogP contribution in [0.25, 0.3) is 0 Å². The highest BCUT2D eigenvalue weighted by Crippen LogP contribution is 2.13. The van der Waals surface area contributed by atoms with Gasteiger partial charge in [-0.05, 0) is 13.5 Å². The van der Waals surface area contributed by atoms with Crippen molar-refractivity contribution in [2.24, 2.45) is 4.99 Å². The van der Waals surface area contributed by atoms with E-state index in [2.05, 4.69) is 37.7 Å². The number of guanidine groups is 1. The van der Waals surface area contributed by atoms with Crippen LogP contribution in [0.5, 0.6) is 0 Å². The fourth-order valence-corrected chi connectivity index (χ4v) is 2.78. The number of halogens is 1. The minimum absolute atomic E-state index is 0. The van der Waals surface area contributed by atoms with E-state index in [1.165, 1.54) is 0 Å². The first-order valence-electron chi connectivity index (χ1n) is 8.72. The SMILES string of the molecule is CN=C(NCCN(C)CCOC)NC1CCc2nc(COC)nn2C1.I. The van der Waals surface area contributed by atoms with Crippen molar-refractivity contribution in [1.29, 1.82) is 0 Å². The van der Waals surface area contributed by atoms with Crippen LogP contribution in [0.3, 0.4) is 0 Å². The summed E-state index contributed by atoms with van der Waals surface area (Å²) in [6.45, 7) is 4.68. The molecule has 9 nitrogen and oxygen atoms in total. The summed E-state index contributed by atoms with van der Waals surface area (Å²) in [4.78, 5) is 11.0. The Morgan fingerprint density at radius 1 is 1.35 bits per heavy atom. The molecule has 0 bridgehead atoms. The highest BCUT2D eigenvalue weighted by atomic mass is 127. The smallest absolute Gasteiger partial charge is 0.191 e. The number of hydrogen-bond acceptors (Lipinski definition) is 6. The zero-order valence-electron chi connectivity index (χ0n) is 16.2. The predicted octanol–water partition coefficient (Wildman–Crippen LogP) is 0.101. The molecule has 1 atom stereocenters. The van der Waals surface area contributed by atoms with Crippen molar-refractivity contribution < 1.29 is 9.47 Å². The Morgan fingerprint density at radius 3 is 2.85 bits per heavy atom. The van der Waals surface area contributed by atoms with E-state index in [9.17, 15) is 0 Å². The van der Waals surface area contributed by atoms with Crippen molar-refractivity contribution in [1.82, 2.24) is 30.3 Å². The van der Waals surface area contributed by atoms with Crippen LogP contribution in [0.2, 0.25) is 0 Å². The summed E-state index contributed by atoms with van der Waals surface area (Å²) in [6.07, 6.45) is 1.92. The lowest BCUT2D eigenvalue weighted by atomic mass is 10.1. The molecule has 1 aliphatic heterocycles. The normalized spacial score (nSPS) is 17.0. The molecule has 150 valence electrons. The van der Waals surface area contributed by atoms with Gasteiger partial charge in [-0.15, -0.1) is 24.0 Å². The molecule has 1 aliphatic rings. The van der Waals surface area contributed by atoms with Crippen LogP contribution in [0, 0.1) is 0 Å². The molecule has 0 saturated carbocycles. The molecule has 2 heterocycles. The Hall–Kier alpha value is -0.980. The molecule has 0 spiro atoms. The maximum atomic E-state index is 5.11. The zero-order valence-corrected chi connectivity index (χ0v) is 18.5. The van der Waals surface area contributed by atoms with Crippen LogP contribution >= 0.6 is 24.0 Å². The average Bonchev–Trinajstić information content (AvgIpc) is 3.01. The van der Waals surface area contributed by atoms with Crippen molar-refractivity contribution in [2.75, 3.05) is 54.6 Å². The number of methoxy groups -OCH3 is 2. The lowest BCUT2D eigenvalue weighted by Crippen LogP contribution is -2.48. The van der Waals surface area contributed by atoms with Crippen LogP contribution in [0.4, 0.5) is 0 Å². The molecular formula is C16H32IN7O2. The van der Waals surface area contributed by atoms with Crippen LogP contribution in [-0.4, -0.2) is 86.2 Å². The number of aromatic nitrogens is 3. The van der Waals surface area contributed by atoms with Crippen molar-refractivity contribution in [2.45, 2.75) is 32.0 Å². The van der Waals surface area contributed by atoms with E-state index in [-0.39, 0.29) is 24.0 Å². The molecule has 1 unspecified atom stereocenters. The molecule has 0 saturated heterocycles. The number of fused-ring (bicyclic) bond motifs is 1. The monoisotopic (exact) mass is 481 g/mol. The molecule has 1 aromatic heterocycles. The molecule has 10 heteroatoms. The molecule has 0 fully saturated rings. The van der Waals surface area contributed by atoms with E-state index in [4.69, 9.17) is 9.47 Å². The second kappa shape index (κ2) is 12.4. The summed E-state index contributed by atoms with van der Waals surface area (Å²) in [6, 6.07) is 0.294. The van der Waals surface area contributed by atoms with Gasteiger partial charge in [0.2, 0.25) is 0 Å². The molecule has 0 radical (unpaired) electrons. The average molecular weight is 481 g/mol. The Bertz CT molecular complexity index is 553. The maximum Gasteiger partial charge on any atom is 0.191 e. The number of likely N-dealkylation sites (N-methyl/N-ethyl adjacent to an activating group) is 1. The van der Waals surface area contributed by atoms with E-state index < -0.39 is 0 Å². The highest BCUT2D eigenvalue weighted by Gasteiger charge is 2.22. The van der Waals surface area contributed by atoms with Gasteiger partial charge in [0.1, 0.15) is 12.4 Å². The second-order valence-electron chi connectivity index (χ2n) is 6.23. The van der Waals surface area contributed by atoms with Crippen molar-refractivity contribution in [3.05, 3.63) is 11.6 Å². The van der Waals surface area contributed by atoms with Crippen molar-refractivity contribution in [3.8, 4) is 0 Å². The first-order chi connectivity index (χ1) is 12.2. The number of aryl methyl sites for hydroxylation is 1. The minimum Gasteiger partial charge on any atom is -0.383 e. The third-order valence-corrected chi connectivity index (χ3v) is 4.20. The minimum atomic E-state index is 0. The van der Waals surface area contributed by atoms with E-state index in [0.717, 1.165) is 63.2 Å². The molecule has 2 rings (SSSR count). The summed E-state index contributed by atoms with van der Waals surface area (Å²) in [7, 11) is 7.26. The summed E-state index contributed by atoms with van der Waals surface area (Å²) < 4.78 is 12.2. The van der Waals surface area contributed by atoms with Gasteiger partial charge in [-0.2, -0.15) is 5.10 Å². The first kappa shape index (κ1) is 23.1. The topological polar surface area (TPSA) is 88.8 Å². The van der Waals surface area contributed by atoms with Crippen molar-refractivity contribution >= 4 is 29.9 Å². The Kier molecular flexibility index (Phi) is 11.0. The van der Waals surface area contributed by atoms with Crippen LogP contribution < -0.4 is 10.6 Å². The Labute approximate surface area is 172 Å². The van der Waals surface area contributed by atoms with Gasteiger partial charge in [0.25, 0.3) is 0 Å². The summed E-state index contributed by atoms with van der Waals surface area (Å²) in [5.74, 6) is 2.61. The van der Waals surface area contributed by atoms with E-state index in [1.54, 1.807) is 21.3 Å². The Balaban J connectivity index is 0.00000338.